The number of methoxy groups -OCH3 is 1. The Labute approximate surface area is 122 Å². The van der Waals surface area contributed by atoms with Gasteiger partial charge in [-0.1, -0.05) is 11.6 Å². The van der Waals surface area contributed by atoms with Crippen molar-refractivity contribution in [2.24, 2.45) is 0 Å². The summed E-state index contributed by atoms with van der Waals surface area (Å²) in [6, 6.07) is 3.94. The third-order valence-corrected chi connectivity index (χ3v) is 3.81. The Morgan fingerprint density at radius 1 is 1.60 bits per heavy atom. The van der Waals surface area contributed by atoms with Crippen LogP contribution in [0.5, 0.6) is 0 Å². The van der Waals surface area contributed by atoms with Crippen LogP contribution < -0.4 is 10.6 Å². The van der Waals surface area contributed by atoms with Crippen LogP contribution in [0.4, 0.5) is 4.39 Å². The number of carbonyl (C=O) groups is 1. The maximum absolute atomic E-state index is 13.1. The molecule has 1 saturated heterocycles. The number of rotatable bonds is 5. The van der Waals surface area contributed by atoms with Crippen LogP contribution in [-0.4, -0.2) is 38.3 Å². The normalized spacial score (nSPS) is 21.9. The Hall–Kier alpha value is -1.17. The highest BCUT2D eigenvalue weighted by Crippen LogP contribution is 2.20. The van der Waals surface area contributed by atoms with Crippen molar-refractivity contribution in [3.8, 4) is 0 Å². The second-order valence-electron chi connectivity index (χ2n) is 5.06. The molecule has 1 fully saturated rings. The minimum Gasteiger partial charge on any atom is -0.383 e. The minimum absolute atomic E-state index is 0.0525. The molecule has 110 valence electrons. The van der Waals surface area contributed by atoms with Crippen molar-refractivity contribution in [3.05, 3.63) is 34.6 Å². The summed E-state index contributed by atoms with van der Waals surface area (Å²) in [5.74, 6) is -0.799. The molecule has 6 heteroatoms. The van der Waals surface area contributed by atoms with Crippen molar-refractivity contribution in [2.75, 3.05) is 26.8 Å². The van der Waals surface area contributed by atoms with Gasteiger partial charge in [0, 0.05) is 19.2 Å². The molecule has 0 aromatic heterocycles. The molecular weight excluding hydrogens is 283 g/mol. The van der Waals surface area contributed by atoms with Gasteiger partial charge in [-0.25, -0.2) is 4.39 Å². The Morgan fingerprint density at radius 2 is 2.40 bits per heavy atom. The van der Waals surface area contributed by atoms with E-state index in [0.29, 0.717) is 18.7 Å². The van der Waals surface area contributed by atoms with Crippen LogP contribution in [0.25, 0.3) is 0 Å². The molecule has 1 aliphatic rings. The Morgan fingerprint density at radius 3 is 3.00 bits per heavy atom. The Bertz CT molecular complexity index is 490. The second-order valence-corrected chi connectivity index (χ2v) is 5.46. The number of hydrogen-bond acceptors (Lipinski definition) is 3. The van der Waals surface area contributed by atoms with E-state index in [0.717, 1.165) is 19.4 Å². The number of hydrogen-bond donors (Lipinski definition) is 2. The van der Waals surface area contributed by atoms with Gasteiger partial charge in [-0.15, -0.1) is 0 Å². The van der Waals surface area contributed by atoms with Gasteiger partial charge in [-0.2, -0.15) is 0 Å². The number of nitrogens with one attached hydrogen (secondary N) is 2. The summed E-state index contributed by atoms with van der Waals surface area (Å²) < 4.78 is 18.3. The summed E-state index contributed by atoms with van der Waals surface area (Å²) in [4.78, 5) is 12.1. The molecule has 0 aliphatic carbocycles. The first-order valence-electron chi connectivity index (χ1n) is 6.53. The third-order valence-electron chi connectivity index (χ3n) is 3.52. The van der Waals surface area contributed by atoms with Crippen LogP contribution in [0.1, 0.15) is 23.2 Å². The zero-order chi connectivity index (χ0) is 14.6. The third kappa shape index (κ3) is 3.48. The number of ether oxygens (including phenoxy) is 1. The summed E-state index contributed by atoms with van der Waals surface area (Å²) in [5.41, 5.74) is 0.135. The average Bonchev–Trinajstić information content (AvgIpc) is 2.89. The fourth-order valence-corrected chi connectivity index (χ4v) is 2.64. The van der Waals surface area contributed by atoms with Gasteiger partial charge in [0.25, 0.3) is 5.91 Å². The average molecular weight is 301 g/mol. The van der Waals surface area contributed by atoms with E-state index in [2.05, 4.69) is 10.6 Å². The van der Waals surface area contributed by atoms with Gasteiger partial charge in [0.05, 0.1) is 17.2 Å². The molecule has 0 saturated carbocycles. The van der Waals surface area contributed by atoms with Crippen molar-refractivity contribution < 1.29 is 13.9 Å². The summed E-state index contributed by atoms with van der Waals surface area (Å²) >= 11 is 5.67. The predicted octanol–water partition coefficient (Wildman–Crippen LogP) is 1.98. The second kappa shape index (κ2) is 6.52. The molecule has 1 aromatic carbocycles. The van der Waals surface area contributed by atoms with Gasteiger partial charge < -0.3 is 15.4 Å². The van der Waals surface area contributed by atoms with Gasteiger partial charge in [0.1, 0.15) is 5.82 Å². The first-order valence-corrected chi connectivity index (χ1v) is 6.91. The molecule has 0 radical (unpaired) electrons. The van der Waals surface area contributed by atoms with Gasteiger partial charge in [-0.3, -0.25) is 4.79 Å². The number of carbonyl (C=O) groups excluding carboxylic acids is 1. The lowest BCUT2D eigenvalue weighted by Gasteiger charge is -2.29. The molecule has 1 aromatic rings. The van der Waals surface area contributed by atoms with E-state index >= 15 is 0 Å². The zero-order valence-electron chi connectivity index (χ0n) is 11.3. The largest absolute Gasteiger partial charge is 0.383 e. The smallest absolute Gasteiger partial charge is 0.251 e. The quantitative estimate of drug-likeness (QED) is 0.874. The van der Waals surface area contributed by atoms with Crippen molar-refractivity contribution in [3.63, 3.8) is 0 Å². The van der Waals surface area contributed by atoms with E-state index in [-0.39, 0.29) is 16.5 Å². The first-order chi connectivity index (χ1) is 9.56. The lowest BCUT2D eigenvalue weighted by atomic mass is 9.98. The molecular formula is C14H18ClFN2O2. The zero-order valence-corrected chi connectivity index (χ0v) is 12.1. The number of halogens is 2. The topological polar surface area (TPSA) is 50.4 Å². The number of benzene rings is 1. The van der Waals surface area contributed by atoms with Crippen LogP contribution in [-0.2, 0) is 4.74 Å². The van der Waals surface area contributed by atoms with Gasteiger partial charge in [-0.05, 0) is 37.6 Å². The van der Waals surface area contributed by atoms with Crippen LogP contribution in [0.3, 0.4) is 0 Å². The predicted molar refractivity (Wildman–Crippen MR) is 75.6 cm³/mol. The maximum Gasteiger partial charge on any atom is 0.251 e. The Balaban J connectivity index is 1.98. The number of amides is 1. The molecule has 1 unspecified atom stereocenters. The van der Waals surface area contributed by atoms with Crippen molar-refractivity contribution in [1.29, 1.82) is 0 Å². The molecule has 1 amide bonds. The van der Waals surface area contributed by atoms with Crippen LogP contribution in [0.2, 0.25) is 5.02 Å². The molecule has 4 nitrogen and oxygen atoms in total. The van der Waals surface area contributed by atoms with Crippen molar-refractivity contribution in [1.82, 2.24) is 10.6 Å². The summed E-state index contributed by atoms with van der Waals surface area (Å²) in [7, 11) is 1.64. The Kier molecular flexibility index (Phi) is 4.96. The summed E-state index contributed by atoms with van der Waals surface area (Å²) in [5, 5.41) is 6.17. The highest BCUT2D eigenvalue weighted by Gasteiger charge is 2.33. The molecule has 1 aliphatic heterocycles. The van der Waals surface area contributed by atoms with Crippen LogP contribution in [0, 0.1) is 5.82 Å². The first kappa shape index (κ1) is 15.2. The SMILES string of the molecule is COCC1(CNC(=O)c2ccc(F)c(Cl)c2)CCCN1. The van der Waals surface area contributed by atoms with E-state index in [1.807, 2.05) is 0 Å². The van der Waals surface area contributed by atoms with Crippen LogP contribution >= 0.6 is 11.6 Å². The lowest BCUT2D eigenvalue weighted by Crippen LogP contribution is -2.53. The molecule has 20 heavy (non-hydrogen) atoms. The van der Waals surface area contributed by atoms with E-state index in [9.17, 15) is 9.18 Å². The van der Waals surface area contributed by atoms with E-state index in [1.165, 1.54) is 18.2 Å². The molecule has 2 N–H and O–H groups in total. The highest BCUT2D eigenvalue weighted by molar-refractivity contribution is 6.31. The monoisotopic (exact) mass is 300 g/mol. The molecule has 2 rings (SSSR count). The molecule has 1 atom stereocenters. The lowest BCUT2D eigenvalue weighted by molar-refractivity contribution is 0.0892. The van der Waals surface area contributed by atoms with Gasteiger partial charge >= 0.3 is 0 Å². The van der Waals surface area contributed by atoms with Gasteiger partial charge in [0.2, 0.25) is 0 Å². The standard InChI is InChI=1S/C14H18ClFN2O2/c1-20-9-14(5-2-6-18-14)8-17-13(19)10-3-4-12(16)11(15)7-10/h3-4,7,18H,2,5-6,8-9H2,1H3,(H,17,19). The molecule has 1 heterocycles. The minimum atomic E-state index is -0.531. The summed E-state index contributed by atoms with van der Waals surface area (Å²) in [6.07, 6.45) is 2.01. The van der Waals surface area contributed by atoms with Gasteiger partial charge in [0.15, 0.2) is 0 Å². The van der Waals surface area contributed by atoms with E-state index < -0.39 is 5.82 Å². The highest BCUT2D eigenvalue weighted by atomic mass is 35.5. The van der Waals surface area contributed by atoms with Crippen molar-refractivity contribution >= 4 is 17.5 Å². The molecule has 0 spiro atoms. The fraction of sp³-hybridized carbons (Fsp3) is 0.500. The van der Waals surface area contributed by atoms with Crippen LogP contribution in [0.15, 0.2) is 18.2 Å². The molecule has 0 bridgehead atoms. The fourth-order valence-electron chi connectivity index (χ4n) is 2.46. The maximum atomic E-state index is 13.1. The van der Waals surface area contributed by atoms with Crippen molar-refractivity contribution in [2.45, 2.75) is 18.4 Å². The van der Waals surface area contributed by atoms with E-state index in [4.69, 9.17) is 16.3 Å². The van der Waals surface area contributed by atoms with E-state index in [1.54, 1.807) is 7.11 Å². The summed E-state index contributed by atoms with van der Waals surface area (Å²) in [6.45, 7) is 1.92.